The molecule has 0 atom stereocenters. The summed E-state index contributed by atoms with van der Waals surface area (Å²) >= 11 is 0. The molecular formula is C18H29ClN2O2. The zero-order valence-corrected chi connectivity index (χ0v) is 15.1. The first-order chi connectivity index (χ1) is 10.7. The molecule has 2 heterocycles. The van der Waals surface area contributed by atoms with Crippen molar-refractivity contribution in [2.75, 3.05) is 39.9 Å². The van der Waals surface area contributed by atoms with Gasteiger partial charge < -0.3 is 14.8 Å². The lowest BCUT2D eigenvalue weighted by Crippen LogP contribution is -2.38. The Bertz CT molecular complexity index is 504. The molecule has 3 rings (SSSR count). The Hall–Kier alpha value is -0.970. The molecule has 1 aromatic rings. The largest absolute Gasteiger partial charge is 0.493 e. The molecule has 1 aromatic carbocycles. The number of hydrogen-bond acceptors (Lipinski definition) is 4. The summed E-state index contributed by atoms with van der Waals surface area (Å²) in [4.78, 5) is 2.60. The molecule has 2 aliphatic heterocycles. The van der Waals surface area contributed by atoms with Crippen LogP contribution in [0.4, 0.5) is 0 Å². The van der Waals surface area contributed by atoms with E-state index in [-0.39, 0.29) is 12.4 Å². The van der Waals surface area contributed by atoms with E-state index in [0.29, 0.717) is 12.0 Å². The predicted molar refractivity (Wildman–Crippen MR) is 95.8 cm³/mol. The number of hydrogen-bond donors (Lipinski definition) is 1. The number of benzene rings is 1. The van der Waals surface area contributed by atoms with E-state index in [1.165, 1.54) is 51.0 Å². The fourth-order valence-electron chi connectivity index (χ4n) is 3.87. The minimum atomic E-state index is 0. The highest BCUT2D eigenvalue weighted by atomic mass is 35.5. The van der Waals surface area contributed by atoms with E-state index in [9.17, 15) is 0 Å². The molecule has 1 N–H and O–H groups in total. The maximum atomic E-state index is 5.69. The summed E-state index contributed by atoms with van der Waals surface area (Å²) in [5.74, 6) is 1.68. The van der Waals surface area contributed by atoms with Gasteiger partial charge in [-0.3, -0.25) is 4.90 Å². The summed E-state index contributed by atoms with van der Waals surface area (Å²) in [7, 11) is 1.69. The van der Waals surface area contributed by atoms with Gasteiger partial charge in [0.05, 0.1) is 13.7 Å². The van der Waals surface area contributed by atoms with Crippen LogP contribution in [0, 0.1) is 5.41 Å². The zero-order chi connectivity index (χ0) is 15.4. The van der Waals surface area contributed by atoms with Crippen LogP contribution in [0.15, 0.2) is 18.2 Å². The lowest BCUT2D eigenvalue weighted by Gasteiger charge is -2.34. The van der Waals surface area contributed by atoms with Crippen LogP contribution >= 0.6 is 12.4 Å². The van der Waals surface area contributed by atoms with Gasteiger partial charge in [0.15, 0.2) is 11.5 Å². The van der Waals surface area contributed by atoms with Crippen LogP contribution < -0.4 is 14.8 Å². The van der Waals surface area contributed by atoms with Gasteiger partial charge in [-0.2, -0.15) is 0 Å². The molecule has 5 heteroatoms. The first kappa shape index (κ1) is 18.4. The minimum Gasteiger partial charge on any atom is -0.493 e. The number of halogens is 1. The van der Waals surface area contributed by atoms with E-state index in [4.69, 9.17) is 9.47 Å². The molecule has 0 aromatic heterocycles. The Balaban J connectivity index is 0.00000192. The van der Waals surface area contributed by atoms with Gasteiger partial charge in [-0.15, -0.1) is 12.4 Å². The van der Waals surface area contributed by atoms with Crippen molar-refractivity contribution in [1.29, 1.82) is 0 Å². The number of ether oxygens (including phenoxy) is 2. The zero-order valence-electron chi connectivity index (χ0n) is 14.3. The van der Waals surface area contributed by atoms with Crippen molar-refractivity contribution >= 4 is 12.4 Å². The van der Waals surface area contributed by atoms with Crippen molar-refractivity contribution in [2.24, 2.45) is 5.41 Å². The van der Waals surface area contributed by atoms with Gasteiger partial charge in [0.25, 0.3) is 0 Å². The summed E-state index contributed by atoms with van der Waals surface area (Å²) < 4.78 is 11.1. The van der Waals surface area contributed by atoms with Crippen molar-refractivity contribution in [2.45, 2.75) is 32.7 Å². The maximum Gasteiger partial charge on any atom is 0.161 e. The molecule has 0 radical (unpaired) electrons. The second kappa shape index (κ2) is 8.22. The fraction of sp³-hybridized carbons (Fsp3) is 0.667. The van der Waals surface area contributed by atoms with Gasteiger partial charge in [-0.05, 0) is 68.9 Å². The first-order valence-corrected chi connectivity index (χ1v) is 8.47. The van der Waals surface area contributed by atoms with E-state index in [1.807, 2.05) is 13.0 Å². The van der Waals surface area contributed by atoms with Gasteiger partial charge in [-0.25, -0.2) is 0 Å². The Morgan fingerprint density at radius 1 is 1.17 bits per heavy atom. The van der Waals surface area contributed by atoms with Gasteiger partial charge in [-0.1, -0.05) is 6.07 Å². The summed E-state index contributed by atoms with van der Waals surface area (Å²) in [6.07, 6.45) is 4.01. The van der Waals surface area contributed by atoms with Crippen LogP contribution in [0.25, 0.3) is 0 Å². The lowest BCUT2D eigenvalue weighted by molar-refractivity contribution is 0.194. The van der Waals surface area contributed by atoms with Gasteiger partial charge in [0.1, 0.15) is 0 Å². The monoisotopic (exact) mass is 340 g/mol. The minimum absolute atomic E-state index is 0. The molecule has 4 nitrogen and oxygen atoms in total. The Morgan fingerprint density at radius 2 is 1.96 bits per heavy atom. The Labute approximate surface area is 145 Å². The summed E-state index contributed by atoms with van der Waals surface area (Å²) in [5, 5.41) is 3.49. The standard InChI is InChI=1S/C18H28N2O2.ClH/c1-3-22-17-12-15(4-5-16(17)21-2)13-20-11-8-18(14-20)6-9-19-10-7-18;/h4-5,12,19H,3,6-11,13-14H2,1-2H3;1H. The highest BCUT2D eigenvalue weighted by Gasteiger charge is 2.38. The van der Waals surface area contributed by atoms with Crippen molar-refractivity contribution < 1.29 is 9.47 Å². The molecule has 0 aliphatic carbocycles. The second-order valence-electron chi connectivity index (χ2n) is 6.63. The van der Waals surface area contributed by atoms with Gasteiger partial charge >= 0.3 is 0 Å². The third kappa shape index (κ3) is 4.31. The van der Waals surface area contributed by atoms with Crippen LogP contribution in [-0.4, -0.2) is 44.8 Å². The van der Waals surface area contributed by atoms with Crippen LogP contribution in [0.3, 0.4) is 0 Å². The first-order valence-electron chi connectivity index (χ1n) is 8.47. The molecule has 0 saturated carbocycles. The highest BCUT2D eigenvalue weighted by Crippen LogP contribution is 2.39. The fourth-order valence-corrected chi connectivity index (χ4v) is 3.87. The topological polar surface area (TPSA) is 33.7 Å². The van der Waals surface area contributed by atoms with Crippen LogP contribution in [0.1, 0.15) is 31.7 Å². The average molecular weight is 341 g/mol. The van der Waals surface area contributed by atoms with Crippen LogP contribution in [0.5, 0.6) is 11.5 Å². The van der Waals surface area contributed by atoms with Crippen molar-refractivity contribution in [3.8, 4) is 11.5 Å². The number of nitrogens with zero attached hydrogens (tertiary/aromatic N) is 1. The molecule has 1 spiro atoms. The second-order valence-corrected chi connectivity index (χ2v) is 6.63. The molecule has 23 heavy (non-hydrogen) atoms. The normalized spacial score (nSPS) is 20.3. The summed E-state index contributed by atoms with van der Waals surface area (Å²) in [6, 6.07) is 6.32. The Morgan fingerprint density at radius 3 is 2.65 bits per heavy atom. The highest BCUT2D eigenvalue weighted by molar-refractivity contribution is 5.85. The van der Waals surface area contributed by atoms with Gasteiger partial charge in [0, 0.05) is 13.1 Å². The quantitative estimate of drug-likeness (QED) is 0.893. The third-order valence-electron chi connectivity index (χ3n) is 5.12. The number of methoxy groups -OCH3 is 1. The maximum absolute atomic E-state index is 5.69. The molecule has 130 valence electrons. The SMILES string of the molecule is CCOc1cc(CN2CCC3(CCNCC3)C2)ccc1OC.Cl. The van der Waals surface area contributed by atoms with E-state index < -0.39 is 0 Å². The molecule has 2 aliphatic rings. The smallest absolute Gasteiger partial charge is 0.161 e. The number of nitrogens with one attached hydrogen (secondary N) is 1. The number of piperidine rings is 1. The Kier molecular flexibility index (Phi) is 6.57. The lowest BCUT2D eigenvalue weighted by atomic mass is 9.78. The predicted octanol–water partition coefficient (Wildman–Crippen LogP) is 3.09. The van der Waals surface area contributed by atoms with Crippen molar-refractivity contribution in [3.05, 3.63) is 23.8 Å². The van der Waals surface area contributed by atoms with E-state index in [1.54, 1.807) is 7.11 Å². The molecule has 2 fully saturated rings. The summed E-state index contributed by atoms with van der Waals surface area (Å²) in [5.41, 5.74) is 1.88. The van der Waals surface area contributed by atoms with Crippen LogP contribution in [-0.2, 0) is 6.54 Å². The van der Waals surface area contributed by atoms with E-state index >= 15 is 0 Å². The number of likely N-dealkylation sites (tertiary alicyclic amines) is 1. The molecule has 0 amide bonds. The van der Waals surface area contributed by atoms with Crippen molar-refractivity contribution in [1.82, 2.24) is 10.2 Å². The average Bonchev–Trinajstić information content (AvgIpc) is 2.91. The summed E-state index contributed by atoms with van der Waals surface area (Å²) in [6.45, 7) is 8.52. The third-order valence-corrected chi connectivity index (χ3v) is 5.12. The molecule has 0 unspecified atom stereocenters. The van der Waals surface area contributed by atoms with Crippen molar-refractivity contribution in [3.63, 3.8) is 0 Å². The molecule has 2 saturated heterocycles. The number of rotatable bonds is 5. The molecule has 0 bridgehead atoms. The van der Waals surface area contributed by atoms with Crippen LogP contribution in [0.2, 0.25) is 0 Å². The molecular weight excluding hydrogens is 312 g/mol. The van der Waals surface area contributed by atoms with E-state index in [0.717, 1.165) is 18.0 Å². The van der Waals surface area contributed by atoms with E-state index in [2.05, 4.69) is 22.3 Å². The van der Waals surface area contributed by atoms with Gasteiger partial charge in [0.2, 0.25) is 0 Å².